The third-order valence-corrected chi connectivity index (χ3v) is 7.59. The molecule has 212 valence electrons. The third kappa shape index (κ3) is 7.93. The first-order chi connectivity index (χ1) is 17.4. The molecule has 0 fully saturated rings. The van der Waals surface area contributed by atoms with E-state index in [0.717, 1.165) is 12.0 Å². The van der Waals surface area contributed by atoms with E-state index in [9.17, 15) is 31.3 Å². The number of halogens is 5. The maximum atomic E-state index is 14.3. The lowest BCUT2D eigenvalue weighted by molar-refractivity contribution is -0.146. The van der Waals surface area contributed by atoms with Crippen LogP contribution in [0.15, 0.2) is 24.3 Å². The molecule has 0 bridgehead atoms. The quantitative estimate of drug-likeness (QED) is 0.0995. The normalized spacial score (nSPS) is 14.5. The molecule has 0 aliphatic carbocycles. The SMILES string of the molecule is CCC(C)(C)CCOC(=O)[C@H](C)NP(=O)(Oc1ccc(C(C)(C)C)cc1)Oc1c(F)c(F)c(F)c(F)c1F. The Morgan fingerprint density at radius 3 is 1.87 bits per heavy atom. The van der Waals surface area contributed by atoms with E-state index < -0.39 is 54.6 Å². The van der Waals surface area contributed by atoms with E-state index in [-0.39, 0.29) is 23.2 Å². The summed E-state index contributed by atoms with van der Waals surface area (Å²) in [4.78, 5) is 12.5. The van der Waals surface area contributed by atoms with Crippen molar-refractivity contribution in [2.75, 3.05) is 6.61 Å². The summed E-state index contributed by atoms with van der Waals surface area (Å²) in [6.45, 7) is 13.0. The van der Waals surface area contributed by atoms with Gasteiger partial charge in [0.05, 0.1) is 6.61 Å². The number of ether oxygens (including phenoxy) is 1. The van der Waals surface area contributed by atoms with Crippen molar-refractivity contribution in [3.63, 3.8) is 0 Å². The zero-order chi connectivity index (χ0) is 29.1. The Morgan fingerprint density at radius 2 is 1.39 bits per heavy atom. The van der Waals surface area contributed by atoms with Gasteiger partial charge in [-0.05, 0) is 41.9 Å². The summed E-state index contributed by atoms with van der Waals surface area (Å²) in [5, 5.41) is 2.17. The van der Waals surface area contributed by atoms with Gasteiger partial charge in [0.1, 0.15) is 11.8 Å². The molecule has 0 amide bonds. The number of benzene rings is 2. The lowest BCUT2D eigenvalue weighted by atomic mass is 9.87. The van der Waals surface area contributed by atoms with E-state index >= 15 is 0 Å². The standard InChI is InChI=1S/C26H33F5NO5P/c1-8-26(6,7)13-14-35-24(33)15(2)32-38(34,36-17-11-9-16(10-12-17)25(3,4)5)37-23-21(30)19(28)18(27)20(29)22(23)31/h9-12,15H,8,13-14H2,1-7H3,(H,32,34)/t15-,38?/m0/s1. The molecule has 1 N–H and O–H groups in total. The van der Waals surface area contributed by atoms with Gasteiger partial charge in [0.2, 0.25) is 34.8 Å². The van der Waals surface area contributed by atoms with Crippen LogP contribution in [0.2, 0.25) is 0 Å². The molecule has 12 heteroatoms. The second-order valence-corrected chi connectivity index (χ2v) is 12.3. The van der Waals surface area contributed by atoms with Crippen LogP contribution in [-0.4, -0.2) is 18.6 Å². The molecule has 0 aliphatic rings. The van der Waals surface area contributed by atoms with Crippen molar-refractivity contribution in [2.24, 2.45) is 5.41 Å². The second-order valence-electron chi connectivity index (χ2n) is 10.6. The molecule has 0 aliphatic heterocycles. The van der Waals surface area contributed by atoms with Gasteiger partial charge in [-0.2, -0.15) is 13.9 Å². The van der Waals surface area contributed by atoms with E-state index in [1.54, 1.807) is 12.1 Å². The molecule has 38 heavy (non-hydrogen) atoms. The number of rotatable bonds is 11. The largest absolute Gasteiger partial charge is 0.513 e. The zero-order valence-electron chi connectivity index (χ0n) is 22.4. The number of carbonyl (C=O) groups excluding carboxylic acids is 1. The van der Waals surface area contributed by atoms with Crippen LogP contribution in [0.3, 0.4) is 0 Å². The molecular formula is C26H33F5NO5P. The number of esters is 1. The van der Waals surface area contributed by atoms with Gasteiger partial charge < -0.3 is 13.8 Å². The van der Waals surface area contributed by atoms with E-state index in [2.05, 4.69) is 5.09 Å². The van der Waals surface area contributed by atoms with Crippen LogP contribution in [0.4, 0.5) is 22.0 Å². The lowest BCUT2D eigenvalue weighted by Crippen LogP contribution is -2.36. The minimum atomic E-state index is -4.99. The number of nitrogens with one attached hydrogen (secondary N) is 1. The predicted octanol–water partition coefficient (Wildman–Crippen LogP) is 7.59. The van der Waals surface area contributed by atoms with Gasteiger partial charge >= 0.3 is 13.7 Å². The summed E-state index contributed by atoms with van der Waals surface area (Å²) in [7, 11) is -4.99. The summed E-state index contributed by atoms with van der Waals surface area (Å²) in [5.41, 5.74) is 0.501. The van der Waals surface area contributed by atoms with E-state index in [4.69, 9.17) is 13.8 Å². The topological polar surface area (TPSA) is 73.9 Å². The number of hydrogen-bond donors (Lipinski definition) is 1. The second kappa shape index (κ2) is 12.0. The Hall–Kier alpha value is -2.65. The Bertz CT molecular complexity index is 1170. The molecule has 0 radical (unpaired) electrons. The zero-order valence-corrected chi connectivity index (χ0v) is 23.3. The summed E-state index contributed by atoms with van der Waals surface area (Å²) in [5.74, 6) is -14.6. The maximum absolute atomic E-state index is 14.3. The molecule has 2 aromatic carbocycles. The fraction of sp³-hybridized carbons (Fsp3) is 0.500. The summed E-state index contributed by atoms with van der Waals surface area (Å²) in [6.07, 6.45) is 1.35. The van der Waals surface area contributed by atoms with Crippen molar-refractivity contribution < 1.29 is 45.1 Å². The van der Waals surface area contributed by atoms with Crippen molar-refractivity contribution in [2.45, 2.75) is 72.8 Å². The first-order valence-electron chi connectivity index (χ1n) is 12.0. The summed E-state index contributed by atoms with van der Waals surface area (Å²) < 4.78 is 98.6. The van der Waals surface area contributed by atoms with Crippen LogP contribution in [0, 0.1) is 34.5 Å². The molecule has 2 rings (SSSR count). The molecule has 0 spiro atoms. The Labute approximate surface area is 219 Å². The van der Waals surface area contributed by atoms with Crippen LogP contribution in [-0.2, 0) is 19.5 Å². The van der Waals surface area contributed by atoms with Crippen molar-refractivity contribution in [3.8, 4) is 11.5 Å². The highest BCUT2D eigenvalue weighted by molar-refractivity contribution is 7.52. The lowest BCUT2D eigenvalue weighted by Gasteiger charge is -2.25. The fourth-order valence-corrected chi connectivity index (χ4v) is 4.55. The molecule has 2 aromatic rings. The third-order valence-electron chi connectivity index (χ3n) is 6.01. The Morgan fingerprint density at radius 1 is 0.895 bits per heavy atom. The maximum Gasteiger partial charge on any atom is 0.513 e. The van der Waals surface area contributed by atoms with Gasteiger partial charge in [0.15, 0.2) is 0 Å². The van der Waals surface area contributed by atoms with E-state index in [0.29, 0.717) is 6.42 Å². The van der Waals surface area contributed by atoms with Gasteiger partial charge in [-0.25, -0.2) is 17.7 Å². The molecule has 0 aromatic heterocycles. The van der Waals surface area contributed by atoms with Gasteiger partial charge in [0.25, 0.3) is 0 Å². The molecule has 0 saturated carbocycles. The van der Waals surface area contributed by atoms with Crippen molar-refractivity contribution in [1.82, 2.24) is 5.09 Å². The molecule has 0 heterocycles. The van der Waals surface area contributed by atoms with Crippen LogP contribution in [0.25, 0.3) is 0 Å². The average molecular weight is 566 g/mol. The fourth-order valence-electron chi connectivity index (χ4n) is 3.03. The molecule has 2 atom stereocenters. The minimum absolute atomic E-state index is 0.0314. The predicted molar refractivity (Wildman–Crippen MR) is 132 cm³/mol. The Balaban J connectivity index is 2.38. The smallest absolute Gasteiger partial charge is 0.465 e. The van der Waals surface area contributed by atoms with Crippen molar-refractivity contribution in [1.29, 1.82) is 0 Å². The molecule has 6 nitrogen and oxygen atoms in total. The van der Waals surface area contributed by atoms with Crippen LogP contribution in [0.5, 0.6) is 11.5 Å². The van der Waals surface area contributed by atoms with Gasteiger partial charge in [0, 0.05) is 0 Å². The Kier molecular flexibility index (Phi) is 9.99. The highest BCUT2D eigenvalue weighted by atomic mass is 31.2. The van der Waals surface area contributed by atoms with Crippen molar-refractivity contribution in [3.05, 3.63) is 58.9 Å². The minimum Gasteiger partial charge on any atom is -0.465 e. The molecular weight excluding hydrogens is 532 g/mol. The van der Waals surface area contributed by atoms with Crippen LogP contribution in [0.1, 0.15) is 66.9 Å². The summed E-state index contributed by atoms with van der Waals surface area (Å²) in [6, 6.07) is 4.61. The van der Waals surface area contributed by atoms with Gasteiger partial charge in [-0.1, -0.05) is 60.1 Å². The monoisotopic (exact) mass is 565 g/mol. The molecule has 0 saturated heterocycles. The summed E-state index contributed by atoms with van der Waals surface area (Å²) >= 11 is 0. The number of hydrogen-bond acceptors (Lipinski definition) is 5. The van der Waals surface area contributed by atoms with Crippen LogP contribution >= 0.6 is 7.75 Å². The molecule has 1 unspecified atom stereocenters. The first kappa shape index (κ1) is 31.6. The highest BCUT2D eigenvalue weighted by Crippen LogP contribution is 2.48. The number of carbonyl (C=O) groups is 1. The van der Waals surface area contributed by atoms with E-state index in [1.807, 2.05) is 41.5 Å². The van der Waals surface area contributed by atoms with Gasteiger partial charge in [-0.3, -0.25) is 4.79 Å². The van der Waals surface area contributed by atoms with Crippen molar-refractivity contribution >= 4 is 13.7 Å². The highest BCUT2D eigenvalue weighted by Gasteiger charge is 2.38. The van der Waals surface area contributed by atoms with E-state index in [1.165, 1.54) is 19.1 Å². The van der Waals surface area contributed by atoms with Gasteiger partial charge in [-0.15, -0.1) is 0 Å². The van der Waals surface area contributed by atoms with Crippen LogP contribution < -0.4 is 14.1 Å². The average Bonchev–Trinajstić information content (AvgIpc) is 2.83. The first-order valence-corrected chi connectivity index (χ1v) is 13.5.